The number of carbonyl (C=O) groups is 1. The normalized spacial score (nSPS) is 10.7. The lowest BCUT2D eigenvalue weighted by Crippen LogP contribution is -2.04. The quantitative estimate of drug-likeness (QED) is 0.388. The zero-order valence-corrected chi connectivity index (χ0v) is 13.8. The molecular weight excluding hydrogens is 351 g/mol. The molecule has 0 unspecified atom stereocenters. The number of thioether (sulfide) groups is 1. The van der Waals surface area contributed by atoms with E-state index in [1.165, 1.54) is 11.8 Å². The van der Waals surface area contributed by atoms with E-state index in [9.17, 15) is 4.79 Å². The molecule has 0 bridgehead atoms. The number of Topliss-reactive ketones (excluding diaryl/α,β-unsaturated/α-hetero) is 1. The van der Waals surface area contributed by atoms with E-state index in [1.807, 2.05) is 18.2 Å². The predicted octanol–water partition coefficient (Wildman–Crippen LogP) is 5.46. The van der Waals surface area contributed by atoms with Gasteiger partial charge in [0.2, 0.25) is 5.02 Å². The molecule has 2 aromatic carbocycles. The zero-order valence-electron chi connectivity index (χ0n) is 10.8. The number of carbonyl (C=O) groups excluding carboxylic acids is 1. The minimum atomic E-state index is -1.02. The summed E-state index contributed by atoms with van der Waals surface area (Å²) in [6, 6.07) is 14.4. The van der Waals surface area contributed by atoms with Gasteiger partial charge in [0.25, 0.3) is 0 Å². The molecule has 0 saturated heterocycles. The van der Waals surface area contributed by atoms with Gasteiger partial charge in [0.05, 0.1) is 15.7 Å². The van der Waals surface area contributed by atoms with Gasteiger partial charge < -0.3 is 4.74 Å². The van der Waals surface area contributed by atoms with Crippen molar-refractivity contribution in [3.05, 3.63) is 59.1 Å². The van der Waals surface area contributed by atoms with Gasteiger partial charge in [-0.2, -0.15) is 0 Å². The van der Waals surface area contributed by atoms with Crippen LogP contribution in [0.2, 0.25) is 5.02 Å². The highest BCUT2D eigenvalue weighted by Crippen LogP contribution is 2.37. The summed E-state index contributed by atoms with van der Waals surface area (Å²) in [5, 5.41) is -0.618. The van der Waals surface area contributed by atoms with E-state index in [4.69, 9.17) is 39.5 Å². The summed E-state index contributed by atoms with van der Waals surface area (Å²) in [5.41, 5.74) is 0.669. The highest BCUT2D eigenvalue weighted by Gasteiger charge is 2.14. The summed E-state index contributed by atoms with van der Waals surface area (Å²) in [7, 11) is 0. The Bertz CT molecular complexity index is 618. The van der Waals surface area contributed by atoms with E-state index in [0.717, 1.165) is 4.90 Å². The van der Waals surface area contributed by atoms with E-state index in [-0.39, 0.29) is 11.5 Å². The Morgan fingerprint density at radius 3 is 2.48 bits per heavy atom. The second-order valence-electron chi connectivity index (χ2n) is 4.02. The third-order valence-corrected chi connectivity index (χ3v) is 4.11. The summed E-state index contributed by atoms with van der Waals surface area (Å²) in [6.07, 6.45) is 0. The molecule has 2 rings (SSSR count). The van der Waals surface area contributed by atoms with Crippen LogP contribution in [0.15, 0.2) is 53.4 Å². The molecule has 21 heavy (non-hydrogen) atoms. The maximum Gasteiger partial charge on any atom is 0.247 e. The standard InChI is InChI=1S/C15H11Cl3O2S/c16-11-7-4-8-13(14(11)20-15(17)18)21-9-12(19)10-5-2-1-3-6-10/h1-8,15H,9H2. The highest BCUT2D eigenvalue weighted by molar-refractivity contribution is 8.00. The average molecular weight is 362 g/mol. The monoisotopic (exact) mass is 360 g/mol. The van der Waals surface area contributed by atoms with Crippen molar-refractivity contribution in [3.63, 3.8) is 0 Å². The van der Waals surface area contributed by atoms with Gasteiger partial charge in [-0.3, -0.25) is 4.79 Å². The highest BCUT2D eigenvalue weighted by atomic mass is 35.5. The van der Waals surface area contributed by atoms with Crippen molar-refractivity contribution in [2.45, 2.75) is 9.92 Å². The fourth-order valence-electron chi connectivity index (χ4n) is 1.66. The van der Waals surface area contributed by atoms with Gasteiger partial charge in [0.15, 0.2) is 11.5 Å². The first-order chi connectivity index (χ1) is 10.1. The van der Waals surface area contributed by atoms with Gasteiger partial charge in [-0.25, -0.2) is 0 Å². The summed E-state index contributed by atoms with van der Waals surface area (Å²) < 4.78 is 5.28. The fraction of sp³-hybridized carbons (Fsp3) is 0.133. The SMILES string of the molecule is O=C(CSc1cccc(Cl)c1OC(Cl)Cl)c1ccccc1. The molecule has 6 heteroatoms. The number of ketones is 1. The minimum absolute atomic E-state index is 0.0276. The first-order valence-corrected chi connectivity index (χ1v) is 8.26. The predicted molar refractivity (Wildman–Crippen MR) is 89.1 cm³/mol. The smallest absolute Gasteiger partial charge is 0.247 e. The summed E-state index contributed by atoms with van der Waals surface area (Å²) in [4.78, 5) is 12.8. The van der Waals surface area contributed by atoms with Gasteiger partial charge in [0, 0.05) is 5.56 Å². The molecule has 0 aliphatic rings. The van der Waals surface area contributed by atoms with Crippen molar-refractivity contribution >= 4 is 52.3 Å². The molecule has 0 fully saturated rings. The average Bonchev–Trinajstić information content (AvgIpc) is 2.48. The molecule has 0 heterocycles. The largest absolute Gasteiger partial charge is 0.458 e. The molecule has 0 aliphatic carbocycles. The molecule has 0 radical (unpaired) electrons. The molecule has 0 atom stereocenters. The van der Waals surface area contributed by atoms with Crippen molar-refractivity contribution in [2.24, 2.45) is 0 Å². The molecular formula is C15H11Cl3O2S. The van der Waals surface area contributed by atoms with Crippen LogP contribution in [0.4, 0.5) is 0 Å². The molecule has 0 spiro atoms. The van der Waals surface area contributed by atoms with Crippen molar-refractivity contribution in [3.8, 4) is 5.75 Å². The molecule has 0 N–H and O–H groups in total. The molecule has 2 aromatic rings. The minimum Gasteiger partial charge on any atom is -0.458 e. The Morgan fingerprint density at radius 1 is 1.10 bits per heavy atom. The first kappa shape index (κ1) is 16.5. The van der Waals surface area contributed by atoms with Gasteiger partial charge in [-0.05, 0) is 12.1 Å². The Balaban J connectivity index is 2.10. The van der Waals surface area contributed by atoms with Crippen LogP contribution in [0.3, 0.4) is 0 Å². The molecule has 2 nitrogen and oxygen atoms in total. The molecule has 0 aliphatic heterocycles. The van der Waals surface area contributed by atoms with Crippen molar-refractivity contribution in [2.75, 3.05) is 5.75 Å². The van der Waals surface area contributed by atoms with Crippen LogP contribution in [0.25, 0.3) is 0 Å². The van der Waals surface area contributed by atoms with Crippen LogP contribution in [0.1, 0.15) is 10.4 Å². The van der Waals surface area contributed by atoms with E-state index in [0.29, 0.717) is 16.3 Å². The Kier molecular flexibility index (Phi) is 6.24. The third kappa shape index (κ3) is 4.82. The summed E-state index contributed by atoms with van der Waals surface area (Å²) >= 11 is 18.6. The Labute approximate surface area is 142 Å². The summed E-state index contributed by atoms with van der Waals surface area (Å²) in [6.45, 7) is 0. The van der Waals surface area contributed by atoms with Gasteiger partial charge >= 0.3 is 0 Å². The van der Waals surface area contributed by atoms with Crippen molar-refractivity contribution in [1.82, 2.24) is 0 Å². The van der Waals surface area contributed by atoms with E-state index in [1.54, 1.807) is 30.3 Å². The molecule has 0 saturated carbocycles. The van der Waals surface area contributed by atoms with Crippen LogP contribution in [0.5, 0.6) is 5.75 Å². The van der Waals surface area contributed by atoms with Crippen molar-refractivity contribution < 1.29 is 9.53 Å². The van der Waals surface area contributed by atoms with Gasteiger partial charge in [0.1, 0.15) is 0 Å². The lowest BCUT2D eigenvalue weighted by atomic mass is 10.2. The Hall–Kier alpha value is -0.870. The number of halogens is 3. The number of benzene rings is 2. The van der Waals surface area contributed by atoms with Crippen LogP contribution < -0.4 is 4.74 Å². The lowest BCUT2D eigenvalue weighted by Gasteiger charge is -2.12. The topological polar surface area (TPSA) is 26.3 Å². The number of ether oxygens (including phenoxy) is 1. The Morgan fingerprint density at radius 2 is 1.81 bits per heavy atom. The number of alkyl halides is 2. The van der Waals surface area contributed by atoms with Crippen molar-refractivity contribution in [1.29, 1.82) is 0 Å². The second kappa shape index (κ2) is 7.95. The van der Waals surface area contributed by atoms with Crippen LogP contribution in [-0.4, -0.2) is 16.6 Å². The zero-order chi connectivity index (χ0) is 15.2. The van der Waals surface area contributed by atoms with Crippen LogP contribution in [0, 0.1) is 0 Å². The molecule has 0 aromatic heterocycles. The van der Waals surface area contributed by atoms with Gasteiger partial charge in [-0.15, -0.1) is 11.8 Å². The van der Waals surface area contributed by atoms with Crippen LogP contribution in [-0.2, 0) is 0 Å². The van der Waals surface area contributed by atoms with Crippen LogP contribution >= 0.6 is 46.6 Å². The summed E-state index contributed by atoms with van der Waals surface area (Å²) in [5.74, 6) is 0.690. The van der Waals surface area contributed by atoms with E-state index >= 15 is 0 Å². The van der Waals surface area contributed by atoms with E-state index < -0.39 is 5.02 Å². The first-order valence-electron chi connectivity index (χ1n) is 6.02. The second-order valence-corrected chi connectivity index (χ2v) is 6.46. The number of para-hydroxylation sites is 1. The fourth-order valence-corrected chi connectivity index (χ4v) is 3.03. The van der Waals surface area contributed by atoms with Gasteiger partial charge in [-0.1, -0.05) is 71.2 Å². The third-order valence-electron chi connectivity index (χ3n) is 2.59. The molecule has 0 amide bonds. The lowest BCUT2D eigenvalue weighted by molar-refractivity contribution is 0.102. The number of rotatable bonds is 6. The number of hydrogen-bond acceptors (Lipinski definition) is 3. The van der Waals surface area contributed by atoms with E-state index in [2.05, 4.69) is 0 Å². The maximum atomic E-state index is 12.1. The molecule has 110 valence electrons. The maximum absolute atomic E-state index is 12.1. The number of hydrogen-bond donors (Lipinski definition) is 0.